The Hall–Kier alpha value is -2.70. The summed E-state index contributed by atoms with van der Waals surface area (Å²) in [6.07, 6.45) is -16.8. The molecular weight excluding hydrogens is 474 g/mol. The van der Waals surface area contributed by atoms with Crippen molar-refractivity contribution >= 4 is 12.1 Å². The van der Waals surface area contributed by atoms with Gasteiger partial charge in [0, 0.05) is 38.3 Å². The van der Waals surface area contributed by atoms with Gasteiger partial charge in [0.1, 0.15) is 11.9 Å². The summed E-state index contributed by atoms with van der Waals surface area (Å²) in [5.41, 5.74) is 1.74. The van der Waals surface area contributed by atoms with E-state index in [2.05, 4.69) is 4.74 Å². The summed E-state index contributed by atoms with van der Waals surface area (Å²) < 4.78 is 85.5. The number of aliphatic carboxylic acids is 1. The molecule has 190 valence electrons. The normalized spacial score (nSPS) is 21.8. The minimum absolute atomic E-state index is 0.105. The molecule has 13 heteroatoms. The van der Waals surface area contributed by atoms with Crippen LogP contribution in [0.25, 0.3) is 0 Å². The molecule has 0 aromatic heterocycles. The van der Waals surface area contributed by atoms with E-state index in [1.807, 2.05) is 30.0 Å². The maximum absolute atomic E-state index is 12.6. The topological polar surface area (TPSA) is 79.3 Å². The highest BCUT2D eigenvalue weighted by Gasteiger charge is 2.60. The number of piperazine rings is 1. The molecule has 1 amide bonds. The highest BCUT2D eigenvalue weighted by atomic mass is 19.4. The fourth-order valence-corrected chi connectivity index (χ4v) is 3.77. The van der Waals surface area contributed by atoms with E-state index < -0.39 is 36.4 Å². The highest BCUT2D eigenvalue weighted by molar-refractivity contribution is 5.71. The summed E-state index contributed by atoms with van der Waals surface area (Å²) in [5.74, 6) is -0.702. The van der Waals surface area contributed by atoms with Crippen LogP contribution in [0.15, 0.2) is 18.2 Å². The maximum atomic E-state index is 12.6. The molecule has 0 radical (unpaired) electrons. The second-order valence-corrected chi connectivity index (χ2v) is 8.47. The van der Waals surface area contributed by atoms with Crippen LogP contribution in [0.2, 0.25) is 0 Å². The lowest BCUT2D eigenvalue weighted by molar-refractivity contribution is -0.308. The molecule has 0 atom stereocenters. The second kappa shape index (κ2) is 9.88. The van der Waals surface area contributed by atoms with Crippen molar-refractivity contribution in [3.8, 4) is 5.75 Å². The molecule has 2 fully saturated rings. The number of hydrogen-bond donors (Lipinski definition) is 1. The van der Waals surface area contributed by atoms with Crippen LogP contribution in [0.1, 0.15) is 24.0 Å². The number of amides is 1. The molecule has 1 heterocycles. The first-order valence-electron chi connectivity index (χ1n) is 10.5. The predicted octanol–water partition coefficient (Wildman–Crippen LogP) is 3.98. The molecule has 34 heavy (non-hydrogen) atoms. The van der Waals surface area contributed by atoms with Crippen molar-refractivity contribution in [1.82, 2.24) is 9.80 Å². The van der Waals surface area contributed by atoms with Crippen LogP contribution in [-0.4, -0.2) is 77.7 Å². The molecule has 1 saturated carbocycles. The molecule has 1 aliphatic carbocycles. The summed E-state index contributed by atoms with van der Waals surface area (Å²) in [6, 6.07) is 5.53. The highest BCUT2D eigenvalue weighted by Crippen LogP contribution is 2.36. The average Bonchev–Trinajstić information content (AvgIpc) is 2.68. The number of nitrogens with zero attached hydrogens (tertiary/aromatic N) is 2. The lowest BCUT2D eigenvalue weighted by atomic mass is 9.82. The Kier molecular flexibility index (Phi) is 7.53. The summed E-state index contributed by atoms with van der Waals surface area (Å²) in [6.45, 7) is 2.45. The van der Waals surface area contributed by atoms with E-state index in [0.29, 0.717) is 25.1 Å². The van der Waals surface area contributed by atoms with Crippen molar-refractivity contribution in [2.24, 2.45) is 5.92 Å². The van der Waals surface area contributed by atoms with E-state index in [-0.39, 0.29) is 32.3 Å². The fourth-order valence-electron chi connectivity index (χ4n) is 3.77. The summed E-state index contributed by atoms with van der Waals surface area (Å²) in [4.78, 5) is 25.6. The van der Waals surface area contributed by atoms with E-state index in [4.69, 9.17) is 9.84 Å². The number of ether oxygens (including phenoxy) is 2. The minimum Gasteiger partial charge on any atom is -0.490 e. The summed E-state index contributed by atoms with van der Waals surface area (Å²) >= 11 is 0. The SMILES string of the molecule is Cc1ccc(CN2CCN(C(=O)OC(C(F)(F)F)C(F)(F)F)CC2)c(O[C@H]2C[C@@H](C(=O)O)C2)c1. The van der Waals surface area contributed by atoms with Crippen LogP contribution >= 0.6 is 0 Å². The Bertz CT molecular complexity index is 879. The fraction of sp³-hybridized carbons (Fsp3) is 0.619. The van der Waals surface area contributed by atoms with Gasteiger partial charge in [-0.2, -0.15) is 26.3 Å². The molecule has 1 aromatic carbocycles. The number of hydrogen-bond acceptors (Lipinski definition) is 5. The Balaban J connectivity index is 1.55. The second-order valence-electron chi connectivity index (χ2n) is 8.47. The smallest absolute Gasteiger partial charge is 0.434 e. The number of alkyl halides is 6. The molecule has 3 rings (SSSR count). The lowest BCUT2D eigenvalue weighted by Crippen LogP contribution is -2.52. The summed E-state index contributed by atoms with van der Waals surface area (Å²) in [5, 5.41) is 9.01. The van der Waals surface area contributed by atoms with E-state index in [0.717, 1.165) is 16.0 Å². The number of carboxylic acids is 1. The van der Waals surface area contributed by atoms with Crippen molar-refractivity contribution in [2.45, 2.75) is 50.9 Å². The van der Waals surface area contributed by atoms with Gasteiger partial charge in [0.2, 0.25) is 0 Å². The standard InChI is InChI=1S/C21H24F6N2O5/c1-12-2-3-13(16(8-12)33-15-9-14(10-15)17(30)31)11-28-4-6-29(7-5-28)19(32)34-18(20(22,23)24)21(25,26)27/h2-3,8,14-15,18H,4-7,9-11H2,1H3,(H,30,31)/t14-,15+. The maximum Gasteiger partial charge on any atom is 0.434 e. The summed E-state index contributed by atoms with van der Waals surface area (Å²) in [7, 11) is 0. The van der Waals surface area contributed by atoms with E-state index in [1.54, 1.807) is 0 Å². The third-order valence-corrected chi connectivity index (χ3v) is 5.80. The van der Waals surface area contributed by atoms with Crippen molar-refractivity contribution < 1.29 is 50.5 Å². The van der Waals surface area contributed by atoms with E-state index in [1.165, 1.54) is 0 Å². The molecule has 7 nitrogen and oxygen atoms in total. The van der Waals surface area contributed by atoms with Crippen molar-refractivity contribution in [3.05, 3.63) is 29.3 Å². The number of carbonyl (C=O) groups excluding carboxylic acids is 1. The first kappa shape index (κ1) is 25.9. The van der Waals surface area contributed by atoms with Gasteiger partial charge in [0.05, 0.1) is 5.92 Å². The molecule has 1 aromatic rings. The van der Waals surface area contributed by atoms with Crippen LogP contribution in [-0.2, 0) is 16.1 Å². The number of aryl methyl sites for hydroxylation is 1. The van der Waals surface area contributed by atoms with Gasteiger partial charge < -0.3 is 19.5 Å². The monoisotopic (exact) mass is 498 g/mol. The van der Waals surface area contributed by atoms with Crippen molar-refractivity contribution in [2.75, 3.05) is 26.2 Å². The van der Waals surface area contributed by atoms with Crippen molar-refractivity contribution in [1.29, 1.82) is 0 Å². The molecule has 0 unspecified atom stereocenters. The number of rotatable bonds is 6. The van der Waals surface area contributed by atoms with Gasteiger partial charge in [0.15, 0.2) is 0 Å². The average molecular weight is 498 g/mol. The molecule has 0 spiro atoms. The predicted molar refractivity (Wildman–Crippen MR) is 105 cm³/mol. The van der Waals surface area contributed by atoms with Crippen LogP contribution in [0, 0.1) is 12.8 Å². The Morgan fingerprint density at radius 3 is 2.18 bits per heavy atom. The zero-order chi connectivity index (χ0) is 25.3. The third-order valence-electron chi connectivity index (χ3n) is 5.80. The molecule has 2 aliphatic rings. The van der Waals surface area contributed by atoms with Gasteiger partial charge >= 0.3 is 24.4 Å². The van der Waals surface area contributed by atoms with E-state index >= 15 is 0 Å². The zero-order valence-electron chi connectivity index (χ0n) is 18.2. The first-order valence-corrected chi connectivity index (χ1v) is 10.5. The van der Waals surface area contributed by atoms with Crippen LogP contribution in [0.3, 0.4) is 0 Å². The van der Waals surface area contributed by atoms with Gasteiger partial charge in [-0.3, -0.25) is 9.69 Å². The number of carbonyl (C=O) groups is 2. The lowest BCUT2D eigenvalue weighted by Gasteiger charge is -2.36. The van der Waals surface area contributed by atoms with Crippen LogP contribution < -0.4 is 4.74 Å². The molecule has 1 N–H and O–H groups in total. The van der Waals surface area contributed by atoms with Crippen molar-refractivity contribution in [3.63, 3.8) is 0 Å². The third kappa shape index (κ3) is 6.45. The van der Waals surface area contributed by atoms with Crippen LogP contribution in [0.5, 0.6) is 5.75 Å². The number of halogens is 6. The molecule has 1 aliphatic heterocycles. The minimum atomic E-state index is -5.76. The Labute approximate surface area is 191 Å². The molecule has 0 bridgehead atoms. The Morgan fingerprint density at radius 1 is 1.06 bits per heavy atom. The quantitative estimate of drug-likeness (QED) is 0.598. The van der Waals surface area contributed by atoms with Gasteiger partial charge in [-0.05, 0) is 31.4 Å². The number of benzene rings is 1. The van der Waals surface area contributed by atoms with Gasteiger partial charge in [0.25, 0.3) is 6.10 Å². The molecule has 1 saturated heterocycles. The molecular formula is C21H24F6N2O5. The first-order chi connectivity index (χ1) is 15.7. The van der Waals surface area contributed by atoms with Crippen LogP contribution in [0.4, 0.5) is 31.1 Å². The largest absolute Gasteiger partial charge is 0.490 e. The zero-order valence-corrected chi connectivity index (χ0v) is 18.2. The number of carboxylic acid groups (broad SMARTS) is 1. The van der Waals surface area contributed by atoms with Gasteiger partial charge in [-0.25, -0.2) is 4.79 Å². The van der Waals surface area contributed by atoms with E-state index in [9.17, 15) is 35.9 Å². The Morgan fingerprint density at radius 2 is 1.65 bits per heavy atom. The van der Waals surface area contributed by atoms with Gasteiger partial charge in [-0.1, -0.05) is 12.1 Å². The van der Waals surface area contributed by atoms with Gasteiger partial charge in [-0.15, -0.1) is 0 Å².